The second-order valence-electron chi connectivity index (χ2n) is 8.61. The van der Waals surface area contributed by atoms with Gasteiger partial charge in [-0.25, -0.2) is 0 Å². The van der Waals surface area contributed by atoms with Crippen molar-refractivity contribution in [2.24, 2.45) is 0 Å². The highest BCUT2D eigenvalue weighted by Gasteiger charge is 2.31. The predicted octanol–water partition coefficient (Wildman–Crippen LogP) is 6.70. The second-order valence-corrected chi connectivity index (χ2v) is 9.02. The van der Waals surface area contributed by atoms with Crippen LogP contribution in [0.4, 0.5) is 11.4 Å². The number of amides is 1. The van der Waals surface area contributed by atoms with Crippen LogP contribution in [0, 0.1) is 11.3 Å². The van der Waals surface area contributed by atoms with Gasteiger partial charge in [0.2, 0.25) is 0 Å². The zero-order chi connectivity index (χ0) is 24.2. The summed E-state index contributed by atoms with van der Waals surface area (Å²) in [6, 6.07) is 13.0. The molecule has 1 heterocycles. The predicted molar refractivity (Wildman–Crippen MR) is 137 cm³/mol. The van der Waals surface area contributed by atoms with E-state index >= 15 is 0 Å². The number of halogens is 1. The van der Waals surface area contributed by atoms with Crippen LogP contribution >= 0.6 is 11.6 Å². The van der Waals surface area contributed by atoms with Crippen molar-refractivity contribution >= 4 is 40.5 Å². The van der Waals surface area contributed by atoms with Crippen LogP contribution in [0.25, 0.3) is 11.6 Å². The number of ether oxygens (including phenoxy) is 1. The normalized spacial score (nSPS) is 14.8. The molecule has 1 N–H and O–H groups in total. The highest BCUT2D eigenvalue weighted by molar-refractivity contribution is 6.32. The van der Waals surface area contributed by atoms with Gasteiger partial charge < -0.3 is 15.0 Å². The Labute approximate surface area is 201 Å². The van der Waals surface area contributed by atoms with Gasteiger partial charge in [-0.3, -0.25) is 4.79 Å². The molecule has 0 fully saturated rings. The lowest BCUT2D eigenvalue weighted by molar-refractivity contribution is -0.112. The van der Waals surface area contributed by atoms with Gasteiger partial charge in [0.25, 0.3) is 5.91 Å². The molecule has 33 heavy (non-hydrogen) atoms. The quantitative estimate of drug-likeness (QED) is 0.366. The number of nitriles is 1. The van der Waals surface area contributed by atoms with Crippen LogP contribution in [-0.4, -0.2) is 24.6 Å². The summed E-state index contributed by atoms with van der Waals surface area (Å²) in [5.74, 6) is 0.151. The van der Waals surface area contributed by atoms with Gasteiger partial charge in [-0.05, 0) is 75.6 Å². The van der Waals surface area contributed by atoms with Gasteiger partial charge in [-0.2, -0.15) is 5.26 Å². The first-order valence-corrected chi connectivity index (χ1v) is 11.5. The lowest BCUT2D eigenvalue weighted by atomic mass is 9.87. The number of anilines is 2. The van der Waals surface area contributed by atoms with Crippen molar-refractivity contribution < 1.29 is 9.53 Å². The third-order valence-corrected chi connectivity index (χ3v) is 5.94. The van der Waals surface area contributed by atoms with Crippen LogP contribution in [0.2, 0.25) is 5.02 Å². The van der Waals surface area contributed by atoms with Gasteiger partial charge in [0, 0.05) is 34.6 Å². The molecular formula is C27H30ClN3O2. The number of fused-ring (bicyclic) bond motifs is 1. The minimum atomic E-state index is -0.499. The number of carbonyl (C=O) groups excluding carboxylic acids is 1. The van der Waals surface area contributed by atoms with Gasteiger partial charge >= 0.3 is 0 Å². The Balaban J connectivity index is 1.95. The Morgan fingerprint density at radius 2 is 2.03 bits per heavy atom. The van der Waals surface area contributed by atoms with Crippen molar-refractivity contribution in [1.82, 2.24) is 0 Å². The van der Waals surface area contributed by atoms with Crippen LogP contribution in [0.3, 0.4) is 0 Å². The van der Waals surface area contributed by atoms with E-state index in [1.165, 1.54) is 0 Å². The highest BCUT2D eigenvalue weighted by Crippen LogP contribution is 2.42. The molecule has 1 aliphatic heterocycles. The van der Waals surface area contributed by atoms with E-state index in [1.807, 2.05) is 31.2 Å². The number of hydrogen-bond donors (Lipinski definition) is 1. The molecule has 172 valence electrons. The third kappa shape index (κ3) is 5.40. The third-order valence-electron chi connectivity index (χ3n) is 5.61. The number of hydrogen-bond acceptors (Lipinski definition) is 4. The average molecular weight is 464 g/mol. The number of rotatable bonds is 7. The minimum Gasteiger partial charge on any atom is -0.494 e. The second kappa shape index (κ2) is 10.1. The fourth-order valence-corrected chi connectivity index (χ4v) is 4.40. The molecule has 1 amide bonds. The number of benzene rings is 2. The van der Waals surface area contributed by atoms with E-state index in [0.717, 1.165) is 29.8 Å². The molecule has 0 aliphatic carbocycles. The summed E-state index contributed by atoms with van der Waals surface area (Å²) in [7, 11) is 0. The fourth-order valence-electron chi connectivity index (χ4n) is 4.19. The maximum Gasteiger partial charge on any atom is 0.266 e. The van der Waals surface area contributed by atoms with Gasteiger partial charge in [-0.1, -0.05) is 30.7 Å². The SMILES string of the molecule is CCCN1c2cc(Cl)c(/C=C(\C#N)C(=O)Nc3cccc(OCC)c3)cc2C(C)=CC1(C)C. The van der Waals surface area contributed by atoms with Gasteiger partial charge in [0.1, 0.15) is 17.4 Å². The summed E-state index contributed by atoms with van der Waals surface area (Å²) < 4.78 is 5.47. The van der Waals surface area contributed by atoms with Crippen molar-refractivity contribution in [3.8, 4) is 11.8 Å². The zero-order valence-electron chi connectivity index (χ0n) is 19.8. The number of nitrogens with zero attached hydrogens (tertiary/aromatic N) is 2. The molecule has 0 saturated heterocycles. The van der Waals surface area contributed by atoms with E-state index in [-0.39, 0.29) is 11.1 Å². The summed E-state index contributed by atoms with van der Waals surface area (Å²) in [4.78, 5) is 15.1. The monoisotopic (exact) mass is 463 g/mol. The molecule has 0 atom stereocenters. The van der Waals surface area contributed by atoms with Gasteiger partial charge in [0.05, 0.1) is 12.1 Å². The maximum atomic E-state index is 12.8. The molecule has 3 rings (SSSR count). The molecule has 1 aliphatic rings. The molecule has 6 heteroatoms. The standard InChI is InChI=1S/C27H30ClN3O2/c1-6-11-31-25-15-24(28)19(13-23(25)18(3)16-27(31,4)5)12-20(17-29)26(32)30-21-9-8-10-22(14-21)33-7-2/h8-10,12-16H,6-7,11H2,1-5H3,(H,30,32)/b20-12+. The average Bonchev–Trinajstić information content (AvgIpc) is 2.75. The van der Waals surface area contributed by atoms with Crippen LogP contribution in [0.15, 0.2) is 48.0 Å². The van der Waals surface area contributed by atoms with E-state index in [0.29, 0.717) is 28.6 Å². The first-order valence-electron chi connectivity index (χ1n) is 11.2. The Morgan fingerprint density at radius 3 is 2.70 bits per heavy atom. The van der Waals surface area contributed by atoms with E-state index in [4.69, 9.17) is 16.3 Å². The van der Waals surface area contributed by atoms with Crippen molar-refractivity contribution in [2.75, 3.05) is 23.4 Å². The molecule has 0 aromatic heterocycles. The van der Waals surface area contributed by atoms with Crippen LogP contribution < -0.4 is 15.0 Å². The number of nitrogens with one attached hydrogen (secondary N) is 1. The summed E-state index contributed by atoms with van der Waals surface area (Å²) in [5.41, 5.74) is 4.31. The Hall–Kier alpha value is -3.23. The lowest BCUT2D eigenvalue weighted by Gasteiger charge is -2.43. The summed E-state index contributed by atoms with van der Waals surface area (Å²) in [6.07, 6.45) is 4.80. The van der Waals surface area contributed by atoms with Crippen LogP contribution in [0.1, 0.15) is 52.2 Å². The summed E-state index contributed by atoms with van der Waals surface area (Å²) in [6.45, 7) is 11.9. The number of carbonyl (C=O) groups is 1. The Kier molecular flexibility index (Phi) is 7.50. The molecule has 0 unspecified atom stereocenters. The molecule has 0 saturated carbocycles. The largest absolute Gasteiger partial charge is 0.494 e. The summed E-state index contributed by atoms with van der Waals surface area (Å²) in [5, 5.41) is 12.9. The summed E-state index contributed by atoms with van der Waals surface area (Å²) >= 11 is 6.64. The molecule has 0 bridgehead atoms. The molecule has 0 radical (unpaired) electrons. The van der Waals surface area contributed by atoms with Gasteiger partial charge in [0.15, 0.2) is 0 Å². The van der Waals surface area contributed by atoms with Crippen molar-refractivity contribution in [3.05, 3.63) is 64.2 Å². The zero-order valence-corrected chi connectivity index (χ0v) is 20.6. The number of allylic oxidation sites excluding steroid dienone is 1. The Morgan fingerprint density at radius 1 is 1.27 bits per heavy atom. The van der Waals surface area contributed by atoms with Crippen molar-refractivity contribution in [2.45, 2.75) is 46.6 Å². The van der Waals surface area contributed by atoms with E-state index < -0.39 is 5.91 Å². The van der Waals surface area contributed by atoms with E-state index in [1.54, 1.807) is 24.3 Å². The van der Waals surface area contributed by atoms with Crippen molar-refractivity contribution in [3.63, 3.8) is 0 Å². The van der Waals surface area contributed by atoms with Crippen LogP contribution in [0.5, 0.6) is 5.75 Å². The van der Waals surface area contributed by atoms with Crippen LogP contribution in [-0.2, 0) is 4.79 Å². The maximum absolute atomic E-state index is 12.8. The smallest absolute Gasteiger partial charge is 0.266 e. The first kappa shape index (κ1) is 24.4. The van der Waals surface area contributed by atoms with Gasteiger partial charge in [-0.15, -0.1) is 0 Å². The van der Waals surface area contributed by atoms with Crippen molar-refractivity contribution in [1.29, 1.82) is 5.26 Å². The fraction of sp³-hybridized carbons (Fsp3) is 0.333. The topological polar surface area (TPSA) is 65.4 Å². The first-order chi connectivity index (χ1) is 15.7. The molecule has 0 spiro atoms. The minimum absolute atomic E-state index is 0.0261. The molecular weight excluding hydrogens is 434 g/mol. The Bertz CT molecular complexity index is 1160. The van der Waals surface area contributed by atoms with E-state index in [9.17, 15) is 10.1 Å². The molecule has 2 aromatic carbocycles. The molecule has 5 nitrogen and oxygen atoms in total. The lowest BCUT2D eigenvalue weighted by Crippen LogP contribution is -2.45. The highest BCUT2D eigenvalue weighted by atomic mass is 35.5. The molecule has 2 aromatic rings. The van der Waals surface area contributed by atoms with E-state index in [2.05, 4.69) is 44.0 Å².